The minimum Gasteiger partial charge on any atom is -0.481 e. The summed E-state index contributed by atoms with van der Waals surface area (Å²) in [6.07, 6.45) is 1.13. The third-order valence-corrected chi connectivity index (χ3v) is 4.92. The van der Waals surface area contributed by atoms with Crippen LogP contribution in [0.25, 0.3) is 0 Å². The highest BCUT2D eigenvalue weighted by atomic mass is 127. The Morgan fingerprint density at radius 1 is 1.15 bits per heavy atom. The van der Waals surface area contributed by atoms with Crippen molar-refractivity contribution in [3.05, 3.63) is 57.2 Å². The lowest BCUT2D eigenvalue weighted by Crippen LogP contribution is -1.99. The molecule has 2 aromatic rings. The molecule has 0 saturated heterocycles. The summed E-state index contributed by atoms with van der Waals surface area (Å²) in [5.41, 5.74) is 2.20. The predicted octanol–water partition coefficient (Wildman–Crippen LogP) is 4.63. The molecule has 0 radical (unpaired) electrons. The molecule has 0 aromatic heterocycles. The average Bonchev–Trinajstić information content (AvgIpc) is 2.41. The van der Waals surface area contributed by atoms with Crippen molar-refractivity contribution >= 4 is 40.3 Å². The number of carboxylic acid groups (broad SMARTS) is 1. The lowest BCUT2D eigenvalue weighted by atomic mass is 10.2. The summed E-state index contributed by atoms with van der Waals surface area (Å²) in [4.78, 5) is 13.0. The van der Waals surface area contributed by atoms with E-state index in [9.17, 15) is 4.79 Å². The normalized spacial score (nSPS) is 10.5. The van der Waals surface area contributed by atoms with E-state index in [1.165, 1.54) is 14.0 Å². The van der Waals surface area contributed by atoms with E-state index in [-0.39, 0.29) is 6.42 Å². The van der Waals surface area contributed by atoms with Gasteiger partial charge in [-0.05, 0) is 64.4 Å². The van der Waals surface area contributed by atoms with Crippen LogP contribution in [-0.2, 0) is 17.6 Å². The standard InChI is InChI=1S/C16H15IO2S/c1-2-12-5-8-14(10-15(12)17)20-13-6-3-11(4-7-13)9-16(18)19/h3-8,10H,2,9H2,1H3,(H,18,19). The van der Waals surface area contributed by atoms with E-state index in [1.807, 2.05) is 24.3 Å². The van der Waals surface area contributed by atoms with E-state index < -0.39 is 5.97 Å². The van der Waals surface area contributed by atoms with Crippen LogP contribution in [0.2, 0.25) is 0 Å². The van der Waals surface area contributed by atoms with Crippen molar-refractivity contribution in [3.8, 4) is 0 Å². The number of hydrogen-bond acceptors (Lipinski definition) is 2. The molecule has 0 saturated carbocycles. The maximum Gasteiger partial charge on any atom is 0.307 e. The zero-order chi connectivity index (χ0) is 14.5. The lowest BCUT2D eigenvalue weighted by molar-refractivity contribution is -0.136. The van der Waals surface area contributed by atoms with Gasteiger partial charge in [0.25, 0.3) is 0 Å². The number of halogens is 1. The molecule has 1 N–H and O–H groups in total. The Morgan fingerprint density at radius 2 is 1.80 bits per heavy atom. The number of carbonyl (C=O) groups is 1. The van der Waals surface area contributed by atoms with E-state index in [0.29, 0.717) is 0 Å². The highest BCUT2D eigenvalue weighted by Gasteiger charge is 2.03. The van der Waals surface area contributed by atoms with E-state index in [4.69, 9.17) is 5.11 Å². The van der Waals surface area contributed by atoms with Crippen LogP contribution in [0.1, 0.15) is 18.1 Å². The molecule has 2 aromatic carbocycles. The third-order valence-electron chi connectivity index (χ3n) is 2.92. The summed E-state index contributed by atoms with van der Waals surface area (Å²) < 4.78 is 1.29. The molecular formula is C16H15IO2S. The van der Waals surface area contributed by atoms with E-state index in [0.717, 1.165) is 16.9 Å². The van der Waals surface area contributed by atoms with Crippen molar-refractivity contribution < 1.29 is 9.90 Å². The van der Waals surface area contributed by atoms with Crippen LogP contribution >= 0.6 is 34.4 Å². The van der Waals surface area contributed by atoms with Crippen molar-refractivity contribution in [2.45, 2.75) is 29.6 Å². The fourth-order valence-electron chi connectivity index (χ4n) is 1.86. The Hall–Kier alpha value is -1.01. The van der Waals surface area contributed by atoms with Gasteiger partial charge < -0.3 is 5.11 Å². The molecule has 0 aliphatic heterocycles. The zero-order valence-corrected chi connectivity index (χ0v) is 14.1. The highest BCUT2D eigenvalue weighted by molar-refractivity contribution is 14.1. The Kier molecular flexibility index (Phi) is 5.48. The largest absolute Gasteiger partial charge is 0.481 e. The molecule has 0 aliphatic carbocycles. The summed E-state index contributed by atoms with van der Waals surface area (Å²) in [6, 6.07) is 14.2. The predicted molar refractivity (Wildman–Crippen MR) is 90.4 cm³/mol. The molecule has 0 aliphatic rings. The van der Waals surface area contributed by atoms with Gasteiger partial charge in [0.2, 0.25) is 0 Å². The van der Waals surface area contributed by atoms with Crippen molar-refractivity contribution in [2.24, 2.45) is 0 Å². The average molecular weight is 398 g/mol. The number of aliphatic carboxylic acids is 1. The first-order valence-electron chi connectivity index (χ1n) is 6.35. The Labute approximate surface area is 136 Å². The zero-order valence-electron chi connectivity index (χ0n) is 11.1. The molecule has 0 amide bonds. The molecular weight excluding hydrogens is 383 g/mol. The smallest absolute Gasteiger partial charge is 0.307 e. The number of rotatable bonds is 5. The quantitative estimate of drug-likeness (QED) is 0.747. The first-order chi connectivity index (χ1) is 9.58. The first kappa shape index (κ1) is 15.4. The topological polar surface area (TPSA) is 37.3 Å². The van der Waals surface area contributed by atoms with Crippen LogP contribution < -0.4 is 0 Å². The maximum absolute atomic E-state index is 10.6. The van der Waals surface area contributed by atoms with E-state index in [1.54, 1.807) is 11.8 Å². The van der Waals surface area contributed by atoms with Gasteiger partial charge in [0.05, 0.1) is 6.42 Å². The number of hydrogen-bond donors (Lipinski definition) is 1. The van der Waals surface area contributed by atoms with Gasteiger partial charge >= 0.3 is 5.97 Å². The van der Waals surface area contributed by atoms with Crippen LogP contribution in [0, 0.1) is 3.57 Å². The van der Waals surface area contributed by atoms with Gasteiger partial charge in [-0.2, -0.15) is 0 Å². The molecule has 0 unspecified atom stereocenters. The minimum absolute atomic E-state index is 0.0774. The molecule has 0 heterocycles. The molecule has 2 rings (SSSR count). The second kappa shape index (κ2) is 7.13. The lowest BCUT2D eigenvalue weighted by Gasteiger charge is -2.06. The van der Waals surface area contributed by atoms with Crippen molar-refractivity contribution in [2.75, 3.05) is 0 Å². The molecule has 0 bridgehead atoms. The Morgan fingerprint density at radius 3 is 2.35 bits per heavy atom. The van der Waals surface area contributed by atoms with Crippen molar-refractivity contribution in [3.63, 3.8) is 0 Å². The fraction of sp³-hybridized carbons (Fsp3) is 0.188. The van der Waals surface area contributed by atoms with Gasteiger partial charge in [-0.25, -0.2) is 0 Å². The fourth-order valence-corrected chi connectivity index (χ4v) is 3.83. The summed E-state index contributed by atoms with van der Waals surface area (Å²) in [5.74, 6) is -0.796. The number of carboxylic acids is 1. The molecule has 2 nitrogen and oxygen atoms in total. The third kappa shape index (κ3) is 4.24. The van der Waals surface area contributed by atoms with Crippen LogP contribution in [0.3, 0.4) is 0 Å². The van der Waals surface area contributed by atoms with Crippen LogP contribution in [0.4, 0.5) is 0 Å². The van der Waals surface area contributed by atoms with E-state index >= 15 is 0 Å². The van der Waals surface area contributed by atoms with Gasteiger partial charge in [0.1, 0.15) is 0 Å². The van der Waals surface area contributed by atoms with Crippen molar-refractivity contribution in [1.29, 1.82) is 0 Å². The second-order valence-corrected chi connectivity index (χ2v) is 6.73. The van der Waals surface area contributed by atoms with E-state index in [2.05, 4.69) is 47.7 Å². The minimum atomic E-state index is -0.796. The van der Waals surface area contributed by atoms with Gasteiger partial charge in [-0.15, -0.1) is 0 Å². The molecule has 104 valence electrons. The highest BCUT2D eigenvalue weighted by Crippen LogP contribution is 2.30. The van der Waals surface area contributed by atoms with Crippen LogP contribution in [-0.4, -0.2) is 11.1 Å². The Bertz CT molecular complexity index is 608. The molecule has 0 spiro atoms. The van der Waals surface area contributed by atoms with Crippen LogP contribution in [0.5, 0.6) is 0 Å². The monoisotopic (exact) mass is 398 g/mol. The summed E-state index contributed by atoms with van der Waals surface area (Å²) in [5, 5.41) is 8.75. The van der Waals surface area contributed by atoms with Crippen LogP contribution in [0.15, 0.2) is 52.3 Å². The SMILES string of the molecule is CCc1ccc(Sc2ccc(CC(=O)O)cc2)cc1I. The number of aryl methyl sites for hydroxylation is 1. The summed E-state index contributed by atoms with van der Waals surface area (Å²) in [7, 11) is 0. The molecule has 0 fully saturated rings. The number of benzene rings is 2. The van der Waals surface area contributed by atoms with Gasteiger partial charge in [-0.1, -0.05) is 36.9 Å². The first-order valence-corrected chi connectivity index (χ1v) is 8.25. The van der Waals surface area contributed by atoms with Gasteiger partial charge in [0.15, 0.2) is 0 Å². The molecule has 4 heteroatoms. The second-order valence-electron chi connectivity index (χ2n) is 4.42. The summed E-state index contributed by atoms with van der Waals surface area (Å²) in [6.45, 7) is 2.16. The summed E-state index contributed by atoms with van der Waals surface area (Å²) >= 11 is 4.06. The molecule has 20 heavy (non-hydrogen) atoms. The van der Waals surface area contributed by atoms with Crippen molar-refractivity contribution in [1.82, 2.24) is 0 Å². The molecule has 0 atom stereocenters. The van der Waals surface area contributed by atoms with Gasteiger partial charge in [0, 0.05) is 13.4 Å². The maximum atomic E-state index is 10.6. The van der Waals surface area contributed by atoms with Gasteiger partial charge in [-0.3, -0.25) is 4.79 Å². The Balaban J connectivity index is 2.10.